The number of rotatable bonds is 14. The zero-order valence-electron chi connectivity index (χ0n) is 14.3. The summed E-state index contributed by atoms with van der Waals surface area (Å²) in [5.74, 6) is -1.13. The minimum absolute atomic E-state index is 0.00341. The normalized spacial score (nSPS) is 10.1. The molecule has 0 aromatic heterocycles. The van der Waals surface area contributed by atoms with Gasteiger partial charge in [-0.15, -0.1) is 0 Å². The van der Waals surface area contributed by atoms with Gasteiger partial charge in [-0.1, -0.05) is 12.2 Å². The molecule has 0 rings (SSSR count). The molecule has 8 nitrogen and oxygen atoms in total. The molecule has 0 aromatic rings. The van der Waals surface area contributed by atoms with Gasteiger partial charge < -0.3 is 25.3 Å². The number of amides is 1. The van der Waals surface area contributed by atoms with Gasteiger partial charge in [-0.05, 0) is 13.3 Å². The van der Waals surface area contributed by atoms with Crippen molar-refractivity contribution in [2.75, 3.05) is 39.5 Å². The van der Waals surface area contributed by atoms with Crippen molar-refractivity contribution in [1.29, 1.82) is 0 Å². The van der Waals surface area contributed by atoms with Gasteiger partial charge in [-0.3, -0.25) is 14.4 Å². The number of hydrogen-bond acceptors (Lipinski definition) is 7. The molecule has 0 radical (unpaired) electrons. The van der Waals surface area contributed by atoms with E-state index in [-0.39, 0.29) is 44.4 Å². The third kappa shape index (κ3) is 15.0. The van der Waals surface area contributed by atoms with Crippen LogP contribution in [0.3, 0.4) is 0 Å². The van der Waals surface area contributed by atoms with Crippen molar-refractivity contribution in [1.82, 2.24) is 5.32 Å². The molecule has 0 aliphatic heterocycles. The van der Waals surface area contributed by atoms with E-state index < -0.39 is 5.97 Å². The van der Waals surface area contributed by atoms with Crippen molar-refractivity contribution in [3.63, 3.8) is 0 Å². The SMILES string of the molecule is C=C(C)COCCCC(=O)OCCOC(=O)CCC(=O)NCCN. The van der Waals surface area contributed by atoms with E-state index >= 15 is 0 Å². The van der Waals surface area contributed by atoms with E-state index in [0.29, 0.717) is 32.7 Å². The molecule has 3 N–H and O–H groups in total. The van der Waals surface area contributed by atoms with Crippen LogP contribution in [-0.4, -0.2) is 57.4 Å². The summed E-state index contributed by atoms with van der Waals surface area (Å²) in [4.78, 5) is 34.0. The number of carbonyl (C=O) groups excluding carboxylic acids is 3. The molecule has 0 spiro atoms. The van der Waals surface area contributed by atoms with E-state index in [9.17, 15) is 14.4 Å². The minimum Gasteiger partial charge on any atom is -0.462 e. The zero-order valence-corrected chi connectivity index (χ0v) is 14.3. The Morgan fingerprint density at radius 3 is 2.21 bits per heavy atom. The number of hydrogen-bond donors (Lipinski definition) is 2. The fourth-order valence-electron chi connectivity index (χ4n) is 1.54. The Labute approximate surface area is 142 Å². The largest absolute Gasteiger partial charge is 0.462 e. The summed E-state index contributed by atoms with van der Waals surface area (Å²) in [5.41, 5.74) is 6.16. The smallest absolute Gasteiger partial charge is 0.306 e. The van der Waals surface area contributed by atoms with E-state index in [4.69, 9.17) is 19.9 Å². The number of esters is 2. The van der Waals surface area contributed by atoms with Gasteiger partial charge in [-0.25, -0.2) is 0 Å². The first-order valence-corrected chi connectivity index (χ1v) is 7.95. The average molecular weight is 344 g/mol. The first kappa shape index (κ1) is 22.1. The predicted octanol–water partition coefficient (Wildman–Crippen LogP) is 0.301. The average Bonchev–Trinajstić information content (AvgIpc) is 2.54. The van der Waals surface area contributed by atoms with Crippen LogP contribution in [0, 0.1) is 0 Å². The lowest BCUT2D eigenvalue weighted by atomic mass is 10.3. The van der Waals surface area contributed by atoms with Gasteiger partial charge in [0.15, 0.2) is 0 Å². The van der Waals surface area contributed by atoms with Crippen molar-refractivity contribution in [2.24, 2.45) is 5.73 Å². The van der Waals surface area contributed by atoms with Crippen molar-refractivity contribution < 1.29 is 28.6 Å². The van der Waals surface area contributed by atoms with Crippen molar-refractivity contribution in [2.45, 2.75) is 32.6 Å². The highest BCUT2D eigenvalue weighted by molar-refractivity contribution is 5.81. The molecule has 0 heterocycles. The van der Waals surface area contributed by atoms with Crippen LogP contribution in [0.5, 0.6) is 0 Å². The van der Waals surface area contributed by atoms with Gasteiger partial charge in [0.25, 0.3) is 0 Å². The molecule has 0 atom stereocenters. The maximum absolute atomic E-state index is 11.4. The van der Waals surface area contributed by atoms with Crippen LogP contribution < -0.4 is 11.1 Å². The Morgan fingerprint density at radius 1 is 1.00 bits per heavy atom. The number of carbonyl (C=O) groups is 3. The first-order chi connectivity index (χ1) is 11.5. The summed E-state index contributed by atoms with van der Waals surface area (Å²) >= 11 is 0. The van der Waals surface area contributed by atoms with E-state index in [0.717, 1.165) is 5.57 Å². The van der Waals surface area contributed by atoms with Crippen molar-refractivity contribution in [3.8, 4) is 0 Å². The van der Waals surface area contributed by atoms with Gasteiger partial charge in [0.1, 0.15) is 13.2 Å². The summed E-state index contributed by atoms with van der Waals surface area (Å²) in [5, 5.41) is 2.55. The molecule has 8 heteroatoms. The Morgan fingerprint density at radius 2 is 1.62 bits per heavy atom. The minimum atomic E-state index is -0.512. The molecule has 0 fully saturated rings. The van der Waals surface area contributed by atoms with Crippen LogP contribution in [0.1, 0.15) is 32.6 Å². The van der Waals surface area contributed by atoms with E-state index in [2.05, 4.69) is 11.9 Å². The lowest BCUT2D eigenvalue weighted by Gasteiger charge is -2.07. The second kappa shape index (κ2) is 14.6. The fourth-order valence-corrected chi connectivity index (χ4v) is 1.54. The highest BCUT2D eigenvalue weighted by atomic mass is 16.6. The van der Waals surface area contributed by atoms with Crippen molar-refractivity contribution >= 4 is 17.8 Å². The van der Waals surface area contributed by atoms with Gasteiger partial charge in [0.2, 0.25) is 5.91 Å². The molecule has 24 heavy (non-hydrogen) atoms. The molecule has 0 aliphatic rings. The van der Waals surface area contributed by atoms with E-state index in [1.54, 1.807) is 0 Å². The Balaban J connectivity index is 3.50. The monoisotopic (exact) mass is 344 g/mol. The van der Waals surface area contributed by atoms with Crippen LogP contribution >= 0.6 is 0 Å². The summed E-state index contributed by atoms with van der Waals surface area (Å²) in [6.07, 6.45) is 0.822. The van der Waals surface area contributed by atoms with Gasteiger partial charge in [0, 0.05) is 32.5 Å². The predicted molar refractivity (Wildman–Crippen MR) is 88.1 cm³/mol. The summed E-state index contributed by atoms with van der Waals surface area (Å²) in [7, 11) is 0. The second-order valence-electron chi connectivity index (χ2n) is 5.19. The van der Waals surface area contributed by atoms with Crippen molar-refractivity contribution in [3.05, 3.63) is 12.2 Å². The van der Waals surface area contributed by atoms with Crippen LogP contribution in [0.2, 0.25) is 0 Å². The molecular weight excluding hydrogens is 316 g/mol. The number of nitrogens with two attached hydrogens (primary N) is 1. The van der Waals surface area contributed by atoms with E-state index in [1.165, 1.54) is 0 Å². The Kier molecular flexibility index (Phi) is 13.5. The van der Waals surface area contributed by atoms with Crippen LogP contribution in [-0.2, 0) is 28.6 Å². The fraction of sp³-hybridized carbons (Fsp3) is 0.688. The number of ether oxygens (including phenoxy) is 3. The lowest BCUT2D eigenvalue weighted by Crippen LogP contribution is -2.29. The summed E-state index contributed by atoms with van der Waals surface area (Å²) < 4.78 is 15.0. The standard InChI is InChI=1S/C16H28N2O6/c1-13(2)12-22-9-3-4-15(20)23-10-11-24-16(21)6-5-14(19)18-8-7-17/h1,3-12,17H2,2H3,(H,18,19). The topological polar surface area (TPSA) is 117 Å². The molecule has 0 aromatic carbocycles. The molecule has 0 saturated heterocycles. The van der Waals surface area contributed by atoms with Gasteiger partial charge in [-0.2, -0.15) is 0 Å². The first-order valence-electron chi connectivity index (χ1n) is 7.95. The molecule has 0 unspecified atom stereocenters. The van der Waals surface area contributed by atoms with Gasteiger partial charge >= 0.3 is 11.9 Å². The van der Waals surface area contributed by atoms with Crippen LogP contribution in [0.25, 0.3) is 0 Å². The Bertz CT molecular complexity index is 411. The Hall–Kier alpha value is -1.93. The van der Waals surface area contributed by atoms with Crippen LogP contribution in [0.15, 0.2) is 12.2 Å². The summed E-state index contributed by atoms with van der Waals surface area (Å²) in [6.45, 7) is 7.20. The molecule has 0 saturated carbocycles. The third-order valence-electron chi connectivity index (χ3n) is 2.65. The maximum atomic E-state index is 11.4. The third-order valence-corrected chi connectivity index (χ3v) is 2.65. The molecular formula is C16H28N2O6. The zero-order chi connectivity index (χ0) is 18.2. The molecule has 138 valence electrons. The molecule has 0 aliphatic carbocycles. The molecule has 0 bridgehead atoms. The maximum Gasteiger partial charge on any atom is 0.306 e. The molecule has 1 amide bonds. The summed E-state index contributed by atoms with van der Waals surface area (Å²) in [6, 6.07) is 0. The lowest BCUT2D eigenvalue weighted by molar-refractivity contribution is -0.152. The highest BCUT2D eigenvalue weighted by Crippen LogP contribution is 1.97. The van der Waals surface area contributed by atoms with E-state index in [1.807, 2.05) is 6.92 Å². The van der Waals surface area contributed by atoms with Crippen LogP contribution in [0.4, 0.5) is 0 Å². The quantitative estimate of drug-likeness (QED) is 0.264. The van der Waals surface area contributed by atoms with Gasteiger partial charge in [0.05, 0.1) is 13.0 Å². The highest BCUT2D eigenvalue weighted by Gasteiger charge is 2.08. The second-order valence-corrected chi connectivity index (χ2v) is 5.19. The number of nitrogens with one attached hydrogen (secondary N) is 1.